The standard InChI is InChI=1S/C16H24N2O4/c1-2-17-7-9-18(10-8-17)6-5-13(19)11-12-3-4-14(20)16(22)15(12)21/h3-4,20-22H,2,5-11H2,1H3. The normalized spacial score (nSPS) is 16.8. The zero-order valence-electron chi connectivity index (χ0n) is 13.0. The summed E-state index contributed by atoms with van der Waals surface area (Å²) in [5.74, 6) is -1.35. The summed E-state index contributed by atoms with van der Waals surface area (Å²) in [6, 6.07) is 2.74. The lowest BCUT2D eigenvalue weighted by atomic mass is 10.0. The van der Waals surface area contributed by atoms with E-state index >= 15 is 0 Å². The van der Waals surface area contributed by atoms with Crippen LogP contribution in [-0.4, -0.2) is 70.2 Å². The maximum Gasteiger partial charge on any atom is 0.200 e. The molecule has 0 radical (unpaired) electrons. The molecule has 0 amide bonds. The summed E-state index contributed by atoms with van der Waals surface area (Å²) in [7, 11) is 0. The number of phenols is 3. The van der Waals surface area contributed by atoms with Crippen molar-refractivity contribution in [3.8, 4) is 17.2 Å². The fourth-order valence-corrected chi connectivity index (χ4v) is 2.67. The van der Waals surface area contributed by atoms with E-state index in [1.807, 2.05) is 0 Å². The molecule has 1 aliphatic rings. The number of phenolic OH excluding ortho intramolecular Hbond substituents is 3. The molecule has 0 unspecified atom stereocenters. The lowest BCUT2D eigenvalue weighted by molar-refractivity contribution is -0.118. The van der Waals surface area contributed by atoms with Gasteiger partial charge in [-0.1, -0.05) is 13.0 Å². The first-order chi connectivity index (χ1) is 10.5. The number of hydrogen-bond acceptors (Lipinski definition) is 6. The first kappa shape index (κ1) is 16.6. The molecule has 0 atom stereocenters. The van der Waals surface area contributed by atoms with E-state index in [0.717, 1.165) is 39.3 Å². The van der Waals surface area contributed by atoms with Crippen LogP contribution in [0.15, 0.2) is 12.1 Å². The highest BCUT2D eigenvalue weighted by molar-refractivity contribution is 5.82. The van der Waals surface area contributed by atoms with Gasteiger partial charge >= 0.3 is 0 Å². The number of carbonyl (C=O) groups is 1. The topological polar surface area (TPSA) is 84.2 Å². The minimum absolute atomic E-state index is 0.0123. The Morgan fingerprint density at radius 1 is 1.05 bits per heavy atom. The van der Waals surface area contributed by atoms with Gasteiger partial charge < -0.3 is 25.1 Å². The minimum Gasteiger partial charge on any atom is -0.504 e. The summed E-state index contributed by atoms with van der Waals surface area (Å²) < 4.78 is 0. The summed E-state index contributed by atoms with van der Waals surface area (Å²) in [5.41, 5.74) is 0.344. The molecule has 6 nitrogen and oxygen atoms in total. The second-order valence-corrected chi connectivity index (χ2v) is 5.68. The maximum atomic E-state index is 12.0. The van der Waals surface area contributed by atoms with Gasteiger partial charge in [-0.3, -0.25) is 4.79 Å². The van der Waals surface area contributed by atoms with Crippen molar-refractivity contribution in [1.82, 2.24) is 9.80 Å². The molecule has 122 valence electrons. The predicted octanol–water partition coefficient (Wildman–Crippen LogP) is 0.943. The molecule has 1 aliphatic heterocycles. The molecule has 1 fully saturated rings. The maximum absolute atomic E-state index is 12.0. The number of likely N-dealkylation sites (N-methyl/N-ethyl adjacent to an activating group) is 1. The molecule has 1 aromatic carbocycles. The van der Waals surface area contributed by atoms with Gasteiger partial charge in [-0.2, -0.15) is 0 Å². The molecule has 3 N–H and O–H groups in total. The van der Waals surface area contributed by atoms with E-state index in [4.69, 9.17) is 0 Å². The SMILES string of the molecule is CCN1CCN(CCC(=O)Cc2ccc(O)c(O)c2O)CC1. The highest BCUT2D eigenvalue weighted by Gasteiger charge is 2.17. The van der Waals surface area contributed by atoms with E-state index < -0.39 is 11.5 Å². The van der Waals surface area contributed by atoms with E-state index in [1.54, 1.807) is 0 Å². The Balaban J connectivity index is 1.80. The van der Waals surface area contributed by atoms with Gasteiger partial charge in [-0.15, -0.1) is 0 Å². The Labute approximate surface area is 130 Å². The Bertz CT molecular complexity index is 525. The van der Waals surface area contributed by atoms with E-state index in [2.05, 4.69) is 16.7 Å². The summed E-state index contributed by atoms with van der Waals surface area (Å²) in [4.78, 5) is 16.7. The van der Waals surface area contributed by atoms with Crippen LogP contribution in [0.2, 0.25) is 0 Å². The summed E-state index contributed by atoms with van der Waals surface area (Å²) >= 11 is 0. The average molecular weight is 308 g/mol. The first-order valence-corrected chi connectivity index (χ1v) is 7.70. The first-order valence-electron chi connectivity index (χ1n) is 7.70. The van der Waals surface area contributed by atoms with Gasteiger partial charge in [0.2, 0.25) is 5.75 Å². The average Bonchev–Trinajstić information content (AvgIpc) is 2.54. The number of ketones is 1. The van der Waals surface area contributed by atoms with Gasteiger partial charge in [-0.05, 0) is 12.6 Å². The van der Waals surface area contributed by atoms with Crippen LogP contribution in [0.4, 0.5) is 0 Å². The third kappa shape index (κ3) is 4.11. The van der Waals surface area contributed by atoms with Crippen LogP contribution in [0, 0.1) is 0 Å². The Hall–Kier alpha value is -1.79. The van der Waals surface area contributed by atoms with Crippen LogP contribution < -0.4 is 0 Å². The number of Topliss-reactive ketones (excluding diaryl/α,β-unsaturated/α-hetero) is 1. The second kappa shape index (κ2) is 7.47. The molecule has 22 heavy (non-hydrogen) atoms. The van der Waals surface area contributed by atoms with Crippen LogP contribution in [0.3, 0.4) is 0 Å². The lowest BCUT2D eigenvalue weighted by Gasteiger charge is -2.33. The molecule has 1 saturated heterocycles. The van der Waals surface area contributed by atoms with Crippen LogP contribution in [0.25, 0.3) is 0 Å². The molecule has 2 rings (SSSR count). The number of benzene rings is 1. The van der Waals surface area contributed by atoms with Gasteiger partial charge in [0.25, 0.3) is 0 Å². The molecule has 0 aliphatic carbocycles. The Morgan fingerprint density at radius 2 is 1.68 bits per heavy atom. The number of piperazine rings is 1. The van der Waals surface area contributed by atoms with Crippen molar-refractivity contribution < 1.29 is 20.1 Å². The van der Waals surface area contributed by atoms with Crippen molar-refractivity contribution in [3.63, 3.8) is 0 Å². The van der Waals surface area contributed by atoms with E-state index in [9.17, 15) is 20.1 Å². The highest BCUT2D eigenvalue weighted by atomic mass is 16.3. The molecule has 6 heteroatoms. The monoisotopic (exact) mass is 308 g/mol. The molecular formula is C16H24N2O4. The molecule has 0 spiro atoms. The van der Waals surface area contributed by atoms with E-state index in [0.29, 0.717) is 12.0 Å². The third-order valence-electron chi connectivity index (χ3n) is 4.22. The van der Waals surface area contributed by atoms with Gasteiger partial charge in [0.15, 0.2) is 11.5 Å². The minimum atomic E-state index is -0.569. The van der Waals surface area contributed by atoms with E-state index in [1.165, 1.54) is 12.1 Å². The third-order valence-corrected chi connectivity index (χ3v) is 4.22. The molecule has 0 aromatic heterocycles. The molecule has 0 bridgehead atoms. The van der Waals surface area contributed by atoms with Crippen LogP contribution >= 0.6 is 0 Å². The number of rotatable bonds is 6. The van der Waals surface area contributed by atoms with Crippen molar-refractivity contribution >= 4 is 5.78 Å². The smallest absolute Gasteiger partial charge is 0.200 e. The number of hydrogen-bond donors (Lipinski definition) is 3. The summed E-state index contributed by atoms with van der Waals surface area (Å²) in [6.07, 6.45) is 0.488. The summed E-state index contributed by atoms with van der Waals surface area (Å²) in [6.45, 7) is 7.98. The summed E-state index contributed by atoms with van der Waals surface area (Å²) in [5, 5.41) is 28.4. The van der Waals surface area contributed by atoms with Crippen molar-refractivity contribution in [3.05, 3.63) is 17.7 Å². The van der Waals surface area contributed by atoms with Crippen LogP contribution in [0.1, 0.15) is 18.9 Å². The van der Waals surface area contributed by atoms with Crippen molar-refractivity contribution in [1.29, 1.82) is 0 Å². The van der Waals surface area contributed by atoms with Crippen LogP contribution in [0.5, 0.6) is 17.2 Å². The lowest BCUT2D eigenvalue weighted by Crippen LogP contribution is -2.46. The molecular weight excluding hydrogens is 284 g/mol. The van der Waals surface area contributed by atoms with Gasteiger partial charge in [0, 0.05) is 51.1 Å². The molecule has 1 heterocycles. The predicted molar refractivity (Wildman–Crippen MR) is 83.3 cm³/mol. The van der Waals surface area contributed by atoms with Crippen molar-refractivity contribution in [2.45, 2.75) is 19.8 Å². The van der Waals surface area contributed by atoms with Crippen LogP contribution in [-0.2, 0) is 11.2 Å². The van der Waals surface area contributed by atoms with Crippen molar-refractivity contribution in [2.75, 3.05) is 39.3 Å². The largest absolute Gasteiger partial charge is 0.504 e. The zero-order chi connectivity index (χ0) is 16.1. The fourth-order valence-electron chi connectivity index (χ4n) is 2.67. The van der Waals surface area contributed by atoms with Gasteiger partial charge in [0.05, 0.1) is 0 Å². The molecule has 0 saturated carbocycles. The van der Waals surface area contributed by atoms with Gasteiger partial charge in [0.1, 0.15) is 5.78 Å². The zero-order valence-corrected chi connectivity index (χ0v) is 13.0. The number of nitrogens with zero attached hydrogens (tertiary/aromatic N) is 2. The quantitative estimate of drug-likeness (QED) is 0.678. The number of aromatic hydroxyl groups is 3. The Morgan fingerprint density at radius 3 is 2.32 bits per heavy atom. The second-order valence-electron chi connectivity index (χ2n) is 5.68. The van der Waals surface area contributed by atoms with E-state index in [-0.39, 0.29) is 18.0 Å². The fraction of sp³-hybridized carbons (Fsp3) is 0.562. The van der Waals surface area contributed by atoms with Crippen molar-refractivity contribution in [2.24, 2.45) is 0 Å². The van der Waals surface area contributed by atoms with Gasteiger partial charge in [-0.25, -0.2) is 0 Å². The Kier molecular flexibility index (Phi) is 5.63. The highest BCUT2D eigenvalue weighted by Crippen LogP contribution is 2.37. The number of carbonyl (C=O) groups excluding carboxylic acids is 1. The molecule has 1 aromatic rings.